The molecule has 2 rings (SSSR count). The average molecular weight is 280 g/mol. The van der Waals surface area contributed by atoms with Crippen molar-refractivity contribution in [2.45, 2.75) is 83.8 Å². The van der Waals surface area contributed by atoms with Crippen LogP contribution in [0.2, 0.25) is 0 Å². The van der Waals surface area contributed by atoms with Crippen molar-refractivity contribution in [2.75, 3.05) is 0 Å². The molecule has 1 heterocycles. The van der Waals surface area contributed by atoms with Crippen LogP contribution in [0.4, 0.5) is 0 Å². The number of rotatable bonds is 4. The summed E-state index contributed by atoms with van der Waals surface area (Å²) in [6.45, 7) is 6.08. The molecule has 2 unspecified atom stereocenters. The number of piperazine rings is 1. The minimum absolute atomic E-state index is 0.0516. The fourth-order valence-electron chi connectivity index (χ4n) is 3.54. The second kappa shape index (κ2) is 6.59. The van der Waals surface area contributed by atoms with Gasteiger partial charge in [0, 0.05) is 6.04 Å². The zero-order chi connectivity index (χ0) is 14.7. The highest BCUT2D eigenvalue weighted by Crippen LogP contribution is 2.29. The van der Waals surface area contributed by atoms with Crippen LogP contribution in [0.3, 0.4) is 0 Å². The molecule has 114 valence electrons. The molecule has 1 N–H and O–H groups in total. The molecule has 2 fully saturated rings. The third-order valence-corrected chi connectivity index (χ3v) is 4.65. The summed E-state index contributed by atoms with van der Waals surface area (Å²) in [6, 6.07) is -0.303. The van der Waals surface area contributed by atoms with Gasteiger partial charge < -0.3 is 10.2 Å². The molecule has 0 aromatic rings. The molecule has 4 nitrogen and oxygen atoms in total. The lowest BCUT2D eigenvalue weighted by atomic mass is 9.88. The standard InChI is InChI=1S/C16H28N2O2/c1-4-8-13-15(19)17-14(11(2)3)16(20)18(13)12-9-6-5-7-10-12/h11-14H,4-10H2,1-3H3,(H,17,19). The number of hydrogen-bond acceptors (Lipinski definition) is 2. The highest BCUT2D eigenvalue weighted by Gasteiger charge is 2.44. The first kappa shape index (κ1) is 15.3. The molecule has 0 aromatic heterocycles. The van der Waals surface area contributed by atoms with Crippen LogP contribution in [-0.4, -0.2) is 34.8 Å². The van der Waals surface area contributed by atoms with Crippen LogP contribution < -0.4 is 5.32 Å². The molecule has 2 aliphatic rings. The Kier molecular flexibility index (Phi) is 5.06. The summed E-state index contributed by atoms with van der Waals surface area (Å²) in [5, 5.41) is 2.94. The molecule has 0 aromatic carbocycles. The van der Waals surface area contributed by atoms with Crippen molar-refractivity contribution in [3.05, 3.63) is 0 Å². The topological polar surface area (TPSA) is 49.4 Å². The first-order chi connectivity index (χ1) is 9.56. The number of hydrogen-bond donors (Lipinski definition) is 1. The molecule has 1 aliphatic heterocycles. The van der Waals surface area contributed by atoms with E-state index < -0.39 is 0 Å². The van der Waals surface area contributed by atoms with Crippen LogP contribution in [0.15, 0.2) is 0 Å². The summed E-state index contributed by atoms with van der Waals surface area (Å²) >= 11 is 0. The van der Waals surface area contributed by atoms with Gasteiger partial charge in [0.15, 0.2) is 0 Å². The van der Waals surface area contributed by atoms with E-state index in [0.717, 1.165) is 25.7 Å². The molecular formula is C16H28N2O2. The van der Waals surface area contributed by atoms with E-state index in [0.29, 0.717) is 0 Å². The summed E-state index contributed by atoms with van der Waals surface area (Å²) < 4.78 is 0. The van der Waals surface area contributed by atoms with E-state index in [-0.39, 0.29) is 35.9 Å². The van der Waals surface area contributed by atoms with Gasteiger partial charge in [-0.1, -0.05) is 46.5 Å². The van der Waals surface area contributed by atoms with Crippen molar-refractivity contribution in [2.24, 2.45) is 5.92 Å². The van der Waals surface area contributed by atoms with E-state index >= 15 is 0 Å². The van der Waals surface area contributed by atoms with Crippen LogP contribution in [0, 0.1) is 5.92 Å². The van der Waals surface area contributed by atoms with Crippen molar-refractivity contribution in [1.82, 2.24) is 10.2 Å². The van der Waals surface area contributed by atoms with Gasteiger partial charge in [0.25, 0.3) is 0 Å². The first-order valence-electron chi connectivity index (χ1n) is 8.18. The van der Waals surface area contributed by atoms with Crippen LogP contribution >= 0.6 is 0 Å². The molecule has 0 spiro atoms. The number of nitrogens with zero attached hydrogens (tertiary/aromatic N) is 1. The highest BCUT2D eigenvalue weighted by molar-refractivity contribution is 5.97. The van der Waals surface area contributed by atoms with Gasteiger partial charge >= 0.3 is 0 Å². The van der Waals surface area contributed by atoms with E-state index in [1.165, 1.54) is 19.3 Å². The lowest BCUT2D eigenvalue weighted by Crippen LogP contribution is -2.67. The molecule has 1 saturated heterocycles. The maximum Gasteiger partial charge on any atom is 0.246 e. The van der Waals surface area contributed by atoms with Gasteiger partial charge in [-0.3, -0.25) is 9.59 Å². The van der Waals surface area contributed by atoms with Crippen molar-refractivity contribution in [3.63, 3.8) is 0 Å². The minimum Gasteiger partial charge on any atom is -0.342 e. The summed E-state index contributed by atoms with van der Waals surface area (Å²) in [7, 11) is 0. The Hall–Kier alpha value is -1.06. The smallest absolute Gasteiger partial charge is 0.246 e. The molecule has 2 amide bonds. The maximum atomic E-state index is 12.8. The third kappa shape index (κ3) is 2.99. The van der Waals surface area contributed by atoms with Crippen LogP contribution in [-0.2, 0) is 9.59 Å². The second-order valence-electron chi connectivity index (χ2n) is 6.57. The van der Waals surface area contributed by atoms with E-state index in [9.17, 15) is 9.59 Å². The van der Waals surface area contributed by atoms with Gasteiger partial charge in [-0.05, 0) is 25.2 Å². The summed E-state index contributed by atoms with van der Waals surface area (Å²) in [4.78, 5) is 27.2. The largest absolute Gasteiger partial charge is 0.342 e. The van der Waals surface area contributed by atoms with Crippen molar-refractivity contribution < 1.29 is 9.59 Å². The number of nitrogens with one attached hydrogen (secondary N) is 1. The van der Waals surface area contributed by atoms with E-state index in [1.807, 2.05) is 18.7 Å². The summed E-state index contributed by atoms with van der Waals surface area (Å²) in [5.74, 6) is 0.348. The predicted octanol–water partition coefficient (Wildman–Crippen LogP) is 2.47. The molecule has 2 atom stereocenters. The van der Waals surface area contributed by atoms with E-state index in [2.05, 4.69) is 12.2 Å². The molecule has 0 radical (unpaired) electrons. The van der Waals surface area contributed by atoms with Gasteiger partial charge in [0.1, 0.15) is 12.1 Å². The quantitative estimate of drug-likeness (QED) is 0.860. The van der Waals surface area contributed by atoms with Gasteiger partial charge in [-0.25, -0.2) is 0 Å². The van der Waals surface area contributed by atoms with Gasteiger partial charge in [-0.15, -0.1) is 0 Å². The monoisotopic (exact) mass is 280 g/mol. The third-order valence-electron chi connectivity index (χ3n) is 4.65. The molecular weight excluding hydrogens is 252 g/mol. The first-order valence-corrected chi connectivity index (χ1v) is 8.18. The molecule has 20 heavy (non-hydrogen) atoms. The number of amides is 2. The molecule has 4 heteroatoms. The fraction of sp³-hybridized carbons (Fsp3) is 0.875. The highest BCUT2D eigenvalue weighted by atomic mass is 16.2. The summed E-state index contributed by atoms with van der Waals surface area (Å²) in [5.41, 5.74) is 0. The molecule has 1 aliphatic carbocycles. The Morgan fingerprint density at radius 2 is 1.85 bits per heavy atom. The van der Waals surface area contributed by atoms with Gasteiger partial charge in [0.05, 0.1) is 0 Å². The maximum absolute atomic E-state index is 12.8. The van der Waals surface area contributed by atoms with Crippen LogP contribution in [0.25, 0.3) is 0 Å². The number of carbonyl (C=O) groups is 2. The van der Waals surface area contributed by atoms with Crippen molar-refractivity contribution in [1.29, 1.82) is 0 Å². The lowest BCUT2D eigenvalue weighted by Gasteiger charge is -2.45. The van der Waals surface area contributed by atoms with E-state index in [1.54, 1.807) is 0 Å². The Bertz CT molecular complexity index is 361. The van der Waals surface area contributed by atoms with Crippen LogP contribution in [0.5, 0.6) is 0 Å². The Morgan fingerprint density at radius 3 is 2.40 bits per heavy atom. The molecule has 0 bridgehead atoms. The zero-order valence-electron chi connectivity index (χ0n) is 13.0. The number of carbonyl (C=O) groups excluding carboxylic acids is 2. The lowest BCUT2D eigenvalue weighted by molar-refractivity contribution is -0.154. The Morgan fingerprint density at radius 1 is 1.20 bits per heavy atom. The minimum atomic E-state index is -0.336. The molecule has 1 saturated carbocycles. The second-order valence-corrected chi connectivity index (χ2v) is 6.57. The predicted molar refractivity (Wildman–Crippen MR) is 79.2 cm³/mol. The van der Waals surface area contributed by atoms with Crippen molar-refractivity contribution >= 4 is 11.8 Å². The zero-order valence-corrected chi connectivity index (χ0v) is 13.0. The summed E-state index contributed by atoms with van der Waals surface area (Å²) in [6.07, 6.45) is 7.45. The Labute approximate surface area is 122 Å². The Balaban J connectivity index is 2.23. The average Bonchev–Trinajstić information content (AvgIpc) is 2.43. The van der Waals surface area contributed by atoms with E-state index in [4.69, 9.17) is 0 Å². The fourth-order valence-corrected chi connectivity index (χ4v) is 3.54. The van der Waals surface area contributed by atoms with Crippen LogP contribution in [0.1, 0.15) is 65.7 Å². The van der Waals surface area contributed by atoms with Crippen molar-refractivity contribution in [3.8, 4) is 0 Å². The SMILES string of the molecule is CCCC1C(=O)NC(C(C)C)C(=O)N1C1CCCCC1. The van der Waals surface area contributed by atoms with Gasteiger partial charge in [0.2, 0.25) is 11.8 Å². The normalized spacial score (nSPS) is 28.9. The van der Waals surface area contributed by atoms with Gasteiger partial charge in [-0.2, -0.15) is 0 Å².